The summed E-state index contributed by atoms with van der Waals surface area (Å²) in [5, 5.41) is 19.3. The molecule has 1 unspecified atom stereocenters. The molecule has 0 aliphatic heterocycles. The molecular formula is C23H17BrN4O2S. The van der Waals surface area contributed by atoms with Crippen LogP contribution in [-0.2, 0) is 0 Å². The van der Waals surface area contributed by atoms with Gasteiger partial charge in [-0.3, -0.25) is 4.79 Å². The molecule has 0 fully saturated rings. The average molecular weight is 493 g/mol. The number of pyridine rings is 1. The van der Waals surface area contributed by atoms with Crippen LogP contribution < -0.4 is 10.5 Å². The first-order chi connectivity index (χ1) is 14.9. The van der Waals surface area contributed by atoms with Crippen molar-refractivity contribution in [3.63, 3.8) is 0 Å². The Kier molecular flexibility index (Phi) is 6.96. The SMILES string of the molecule is COc1ccc(-c2c(C#N)c(N)nc(SC(C)C(=O)c3ccc(Br)cc3)c2C#N)cc1. The van der Waals surface area contributed by atoms with Crippen LogP contribution in [0.25, 0.3) is 11.1 Å². The van der Waals surface area contributed by atoms with E-state index in [1.165, 1.54) is 0 Å². The molecule has 31 heavy (non-hydrogen) atoms. The summed E-state index contributed by atoms with van der Waals surface area (Å²) in [5.41, 5.74) is 7.97. The second-order valence-electron chi connectivity index (χ2n) is 6.51. The van der Waals surface area contributed by atoms with Crippen LogP contribution in [0.15, 0.2) is 58.0 Å². The normalized spacial score (nSPS) is 11.3. The molecule has 8 heteroatoms. The molecule has 0 aliphatic rings. The molecule has 0 amide bonds. The van der Waals surface area contributed by atoms with Gasteiger partial charge in [-0.25, -0.2) is 4.98 Å². The summed E-state index contributed by atoms with van der Waals surface area (Å²) in [6.07, 6.45) is 0. The van der Waals surface area contributed by atoms with Crippen molar-refractivity contribution in [1.82, 2.24) is 4.98 Å². The lowest BCUT2D eigenvalue weighted by Gasteiger charge is -2.16. The molecule has 2 aromatic carbocycles. The van der Waals surface area contributed by atoms with Crippen LogP contribution in [0.2, 0.25) is 0 Å². The van der Waals surface area contributed by atoms with E-state index in [0.717, 1.165) is 16.2 Å². The Morgan fingerprint density at radius 1 is 1.10 bits per heavy atom. The van der Waals surface area contributed by atoms with Crippen molar-refractivity contribution in [3.8, 4) is 29.0 Å². The lowest BCUT2D eigenvalue weighted by Crippen LogP contribution is -2.14. The van der Waals surface area contributed by atoms with Gasteiger partial charge in [0.1, 0.15) is 34.3 Å². The Balaban J connectivity index is 2.05. The number of carbonyl (C=O) groups excluding carboxylic acids is 1. The predicted octanol–water partition coefficient (Wildman–Crippen LogP) is 5.21. The summed E-state index contributed by atoms with van der Waals surface area (Å²) in [7, 11) is 1.55. The van der Waals surface area contributed by atoms with E-state index in [1.54, 1.807) is 62.6 Å². The maximum atomic E-state index is 12.8. The molecule has 0 saturated carbocycles. The molecule has 0 spiro atoms. The quantitative estimate of drug-likeness (QED) is 0.371. The number of carbonyl (C=O) groups is 1. The number of thioether (sulfide) groups is 1. The molecule has 0 radical (unpaired) electrons. The second kappa shape index (κ2) is 9.65. The number of ether oxygens (including phenoxy) is 1. The van der Waals surface area contributed by atoms with E-state index in [0.29, 0.717) is 27.5 Å². The topological polar surface area (TPSA) is 113 Å². The van der Waals surface area contributed by atoms with Gasteiger partial charge in [0.15, 0.2) is 5.78 Å². The zero-order valence-electron chi connectivity index (χ0n) is 16.7. The highest BCUT2D eigenvalue weighted by molar-refractivity contribution is 9.10. The van der Waals surface area contributed by atoms with Gasteiger partial charge >= 0.3 is 0 Å². The number of halogens is 1. The van der Waals surface area contributed by atoms with Crippen molar-refractivity contribution in [1.29, 1.82) is 10.5 Å². The number of rotatable bonds is 6. The maximum absolute atomic E-state index is 12.8. The molecule has 6 nitrogen and oxygen atoms in total. The van der Waals surface area contributed by atoms with Crippen molar-refractivity contribution in [2.24, 2.45) is 0 Å². The largest absolute Gasteiger partial charge is 0.497 e. The van der Waals surface area contributed by atoms with Crippen LogP contribution in [0.5, 0.6) is 5.75 Å². The van der Waals surface area contributed by atoms with Crippen molar-refractivity contribution in [2.75, 3.05) is 12.8 Å². The molecule has 2 N–H and O–H groups in total. The number of nitriles is 2. The van der Waals surface area contributed by atoms with Gasteiger partial charge in [0, 0.05) is 15.6 Å². The summed E-state index contributed by atoms with van der Waals surface area (Å²) < 4.78 is 6.06. The zero-order chi connectivity index (χ0) is 22.5. The number of methoxy groups -OCH3 is 1. The van der Waals surface area contributed by atoms with Crippen molar-refractivity contribution < 1.29 is 9.53 Å². The summed E-state index contributed by atoms with van der Waals surface area (Å²) >= 11 is 4.50. The Morgan fingerprint density at radius 3 is 2.26 bits per heavy atom. The fourth-order valence-electron chi connectivity index (χ4n) is 3.00. The van der Waals surface area contributed by atoms with Crippen LogP contribution in [-0.4, -0.2) is 23.1 Å². The smallest absolute Gasteiger partial charge is 0.175 e. The van der Waals surface area contributed by atoms with E-state index in [2.05, 4.69) is 27.0 Å². The van der Waals surface area contributed by atoms with Gasteiger partial charge in [0.05, 0.1) is 17.9 Å². The number of Topliss-reactive ketones (excluding diaryl/α,β-unsaturated/α-hetero) is 1. The van der Waals surface area contributed by atoms with E-state index in [1.807, 2.05) is 6.07 Å². The van der Waals surface area contributed by atoms with Gasteiger partial charge < -0.3 is 10.5 Å². The number of nitrogen functional groups attached to an aromatic ring is 1. The number of anilines is 1. The van der Waals surface area contributed by atoms with Gasteiger partial charge in [0.25, 0.3) is 0 Å². The fourth-order valence-corrected chi connectivity index (χ4v) is 4.26. The first-order valence-electron chi connectivity index (χ1n) is 9.14. The second-order valence-corrected chi connectivity index (χ2v) is 8.76. The van der Waals surface area contributed by atoms with Crippen LogP contribution in [0.3, 0.4) is 0 Å². The van der Waals surface area contributed by atoms with Gasteiger partial charge in [-0.2, -0.15) is 10.5 Å². The van der Waals surface area contributed by atoms with E-state index < -0.39 is 5.25 Å². The van der Waals surface area contributed by atoms with E-state index in [-0.39, 0.29) is 22.7 Å². The number of ketones is 1. The highest BCUT2D eigenvalue weighted by atomic mass is 79.9. The number of benzene rings is 2. The molecule has 3 rings (SSSR count). The van der Waals surface area contributed by atoms with Crippen molar-refractivity contribution >= 4 is 39.3 Å². The number of hydrogen-bond acceptors (Lipinski definition) is 7. The highest BCUT2D eigenvalue weighted by Gasteiger charge is 2.24. The van der Waals surface area contributed by atoms with E-state index in [4.69, 9.17) is 10.5 Å². The van der Waals surface area contributed by atoms with Gasteiger partial charge in [-0.15, -0.1) is 0 Å². The van der Waals surface area contributed by atoms with Gasteiger partial charge in [0.2, 0.25) is 0 Å². The van der Waals surface area contributed by atoms with Crippen LogP contribution in [0.4, 0.5) is 5.82 Å². The molecule has 154 valence electrons. The summed E-state index contributed by atoms with van der Waals surface area (Å²) in [5.74, 6) is 0.557. The minimum Gasteiger partial charge on any atom is -0.497 e. The lowest BCUT2D eigenvalue weighted by molar-refractivity contribution is 0.0994. The molecular weight excluding hydrogens is 476 g/mol. The van der Waals surface area contributed by atoms with Gasteiger partial charge in [-0.1, -0.05) is 52.0 Å². The molecule has 0 aliphatic carbocycles. The molecule has 3 aromatic rings. The average Bonchev–Trinajstić information content (AvgIpc) is 2.78. The van der Waals surface area contributed by atoms with Crippen LogP contribution in [0.1, 0.15) is 28.4 Å². The molecule has 1 heterocycles. The summed E-state index contributed by atoms with van der Waals surface area (Å²) in [6.45, 7) is 1.75. The monoisotopic (exact) mass is 492 g/mol. The number of hydrogen-bond donors (Lipinski definition) is 1. The number of aromatic nitrogens is 1. The minimum absolute atomic E-state index is 0.0121. The Labute approximate surface area is 192 Å². The third-order valence-electron chi connectivity index (χ3n) is 4.58. The molecule has 1 atom stereocenters. The third kappa shape index (κ3) is 4.72. The third-order valence-corrected chi connectivity index (χ3v) is 6.20. The fraction of sp³-hybridized carbons (Fsp3) is 0.130. The summed E-state index contributed by atoms with van der Waals surface area (Å²) in [4.78, 5) is 17.1. The van der Waals surface area contributed by atoms with Crippen LogP contribution in [0, 0.1) is 22.7 Å². The highest BCUT2D eigenvalue weighted by Crippen LogP contribution is 2.38. The van der Waals surface area contributed by atoms with E-state index in [9.17, 15) is 15.3 Å². The zero-order valence-corrected chi connectivity index (χ0v) is 19.1. The summed E-state index contributed by atoms with van der Waals surface area (Å²) in [6, 6.07) is 18.2. The number of nitrogens with two attached hydrogens (primary N) is 1. The van der Waals surface area contributed by atoms with Crippen LogP contribution >= 0.6 is 27.7 Å². The Bertz CT molecular complexity index is 1210. The lowest BCUT2D eigenvalue weighted by atomic mass is 9.97. The standard InChI is InChI=1S/C23H17BrN4O2S/c1-13(21(29)15-3-7-16(24)8-4-15)31-23-19(12-26)20(18(11-25)22(27)28-23)14-5-9-17(30-2)10-6-14/h3-10,13H,1-2H3,(H2,27,28). The Hall–Kier alpha value is -3.33. The molecule has 1 aromatic heterocycles. The first kappa shape index (κ1) is 22.4. The molecule has 0 bridgehead atoms. The maximum Gasteiger partial charge on any atom is 0.175 e. The van der Waals surface area contributed by atoms with Crippen molar-refractivity contribution in [3.05, 3.63) is 69.7 Å². The number of nitrogens with zero attached hydrogens (tertiary/aromatic N) is 3. The predicted molar refractivity (Wildman–Crippen MR) is 124 cm³/mol. The minimum atomic E-state index is -0.517. The van der Waals surface area contributed by atoms with Gasteiger partial charge in [-0.05, 0) is 36.8 Å². The van der Waals surface area contributed by atoms with E-state index >= 15 is 0 Å². The Morgan fingerprint density at radius 2 is 1.71 bits per heavy atom. The molecule has 0 saturated heterocycles. The first-order valence-corrected chi connectivity index (χ1v) is 10.8. The van der Waals surface area contributed by atoms with Crippen molar-refractivity contribution in [2.45, 2.75) is 17.2 Å².